The zero-order chi connectivity index (χ0) is 19.3. The Balaban J connectivity index is 1.78. The third-order valence-corrected chi connectivity index (χ3v) is 5.36. The van der Waals surface area contributed by atoms with Gasteiger partial charge in [-0.1, -0.05) is 12.1 Å². The standard InChI is InChI=1S/C24H26N2O2/c1-27-21-10-6-18(7-11-21)23-16-20(26-14-4-3-5-15-26)17-25-24(23)19-8-12-22(28-2)13-9-19/h6-13,16-17H,3-5,14-15H2,1-2H3. The Morgan fingerprint density at radius 2 is 1.32 bits per heavy atom. The fraction of sp³-hybridized carbons (Fsp3) is 0.292. The number of piperidine rings is 1. The first kappa shape index (κ1) is 18.4. The Morgan fingerprint density at radius 3 is 1.89 bits per heavy atom. The topological polar surface area (TPSA) is 34.6 Å². The van der Waals surface area contributed by atoms with E-state index in [9.17, 15) is 0 Å². The first-order valence-corrected chi connectivity index (χ1v) is 9.82. The predicted octanol–water partition coefficient (Wildman–Crippen LogP) is 5.42. The molecule has 4 rings (SSSR count). The second-order valence-electron chi connectivity index (χ2n) is 7.09. The highest BCUT2D eigenvalue weighted by molar-refractivity contribution is 5.83. The van der Waals surface area contributed by atoms with E-state index in [0.29, 0.717) is 0 Å². The molecule has 1 fully saturated rings. The monoisotopic (exact) mass is 374 g/mol. The summed E-state index contributed by atoms with van der Waals surface area (Å²) in [5, 5.41) is 0. The molecule has 0 radical (unpaired) electrons. The number of benzene rings is 2. The summed E-state index contributed by atoms with van der Waals surface area (Å²) in [5.74, 6) is 1.70. The maximum Gasteiger partial charge on any atom is 0.118 e. The van der Waals surface area contributed by atoms with E-state index < -0.39 is 0 Å². The van der Waals surface area contributed by atoms with Gasteiger partial charge in [0.25, 0.3) is 0 Å². The molecule has 28 heavy (non-hydrogen) atoms. The first-order chi connectivity index (χ1) is 13.8. The van der Waals surface area contributed by atoms with Crippen molar-refractivity contribution >= 4 is 5.69 Å². The molecule has 1 saturated heterocycles. The van der Waals surface area contributed by atoms with Gasteiger partial charge in [0.1, 0.15) is 11.5 Å². The van der Waals surface area contributed by atoms with Crippen LogP contribution in [0.2, 0.25) is 0 Å². The number of hydrogen-bond donors (Lipinski definition) is 0. The van der Waals surface area contributed by atoms with Gasteiger partial charge in [-0.3, -0.25) is 4.98 Å². The molecule has 0 amide bonds. The largest absolute Gasteiger partial charge is 0.497 e. The Morgan fingerprint density at radius 1 is 0.750 bits per heavy atom. The molecular weight excluding hydrogens is 348 g/mol. The minimum absolute atomic E-state index is 0.847. The summed E-state index contributed by atoms with van der Waals surface area (Å²) in [7, 11) is 3.37. The molecule has 3 aromatic rings. The summed E-state index contributed by atoms with van der Waals surface area (Å²) in [6.45, 7) is 2.21. The van der Waals surface area contributed by atoms with E-state index in [1.165, 1.54) is 24.9 Å². The summed E-state index contributed by atoms with van der Waals surface area (Å²) in [6, 6.07) is 18.6. The first-order valence-electron chi connectivity index (χ1n) is 9.82. The van der Waals surface area contributed by atoms with Crippen molar-refractivity contribution in [2.24, 2.45) is 0 Å². The summed E-state index contributed by atoms with van der Waals surface area (Å²) in [4.78, 5) is 7.33. The van der Waals surface area contributed by atoms with Crippen LogP contribution in [0.4, 0.5) is 5.69 Å². The zero-order valence-electron chi connectivity index (χ0n) is 16.5. The van der Waals surface area contributed by atoms with E-state index in [2.05, 4.69) is 35.2 Å². The molecule has 4 nitrogen and oxygen atoms in total. The Hall–Kier alpha value is -3.01. The minimum atomic E-state index is 0.847. The smallest absolute Gasteiger partial charge is 0.118 e. The van der Waals surface area contributed by atoms with Gasteiger partial charge in [-0.2, -0.15) is 0 Å². The van der Waals surface area contributed by atoms with Crippen LogP contribution in [0.1, 0.15) is 19.3 Å². The van der Waals surface area contributed by atoms with Gasteiger partial charge in [-0.15, -0.1) is 0 Å². The third kappa shape index (κ3) is 3.81. The number of methoxy groups -OCH3 is 2. The van der Waals surface area contributed by atoms with Gasteiger partial charge >= 0.3 is 0 Å². The van der Waals surface area contributed by atoms with Gasteiger partial charge in [0, 0.05) is 24.2 Å². The van der Waals surface area contributed by atoms with Gasteiger partial charge in [0.05, 0.1) is 31.8 Å². The normalized spacial score (nSPS) is 14.0. The molecule has 0 atom stereocenters. The average Bonchev–Trinajstić information content (AvgIpc) is 2.79. The fourth-order valence-corrected chi connectivity index (χ4v) is 3.75. The number of rotatable bonds is 5. The number of ether oxygens (including phenoxy) is 2. The minimum Gasteiger partial charge on any atom is -0.497 e. The van der Waals surface area contributed by atoms with Gasteiger partial charge in [0.2, 0.25) is 0 Å². The molecule has 1 aliphatic rings. The lowest BCUT2D eigenvalue weighted by Gasteiger charge is -2.29. The molecular formula is C24H26N2O2. The molecule has 4 heteroatoms. The van der Waals surface area contributed by atoms with Crippen LogP contribution in [0.15, 0.2) is 60.8 Å². The Kier molecular flexibility index (Phi) is 5.47. The van der Waals surface area contributed by atoms with Crippen LogP contribution in [0.3, 0.4) is 0 Å². The predicted molar refractivity (Wildman–Crippen MR) is 114 cm³/mol. The molecule has 0 bridgehead atoms. The number of pyridine rings is 1. The molecule has 0 saturated carbocycles. The number of hydrogen-bond acceptors (Lipinski definition) is 4. The van der Waals surface area contributed by atoms with Crippen LogP contribution in [-0.4, -0.2) is 32.3 Å². The second-order valence-corrected chi connectivity index (χ2v) is 7.09. The Bertz CT molecular complexity index is 914. The number of nitrogens with zero attached hydrogens (tertiary/aromatic N) is 2. The van der Waals surface area contributed by atoms with Crippen molar-refractivity contribution in [1.29, 1.82) is 0 Å². The van der Waals surface area contributed by atoms with Crippen molar-refractivity contribution in [1.82, 2.24) is 4.98 Å². The summed E-state index contributed by atoms with van der Waals surface area (Å²) in [5.41, 5.74) is 5.53. The van der Waals surface area contributed by atoms with Gasteiger partial charge in [-0.25, -0.2) is 0 Å². The lowest BCUT2D eigenvalue weighted by atomic mass is 9.98. The molecule has 0 unspecified atom stereocenters. The molecule has 2 heterocycles. The van der Waals surface area contributed by atoms with Crippen molar-refractivity contribution in [2.75, 3.05) is 32.2 Å². The van der Waals surface area contributed by atoms with Crippen molar-refractivity contribution in [3.05, 3.63) is 60.8 Å². The van der Waals surface area contributed by atoms with Gasteiger partial charge < -0.3 is 14.4 Å². The van der Waals surface area contributed by atoms with E-state index in [4.69, 9.17) is 14.5 Å². The highest BCUT2D eigenvalue weighted by Gasteiger charge is 2.16. The molecule has 144 valence electrons. The highest BCUT2D eigenvalue weighted by atomic mass is 16.5. The molecule has 0 N–H and O–H groups in total. The van der Waals surface area contributed by atoms with E-state index >= 15 is 0 Å². The molecule has 0 aliphatic carbocycles. The van der Waals surface area contributed by atoms with E-state index in [-0.39, 0.29) is 0 Å². The number of aromatic nitrogens is 1. The lowest BCUT2D eigenvalue weighted by molar-refractivity contribution is 0.414. The molecule has 1 aromatic heterocycles. The van der Waals surface area contributed by atoms with Crippen molar-refractivity contribution < 1.29 is 9.47 Å². The second kappa shape index (κ2) is 8.34. The van der Waals surface area contributed by atoms with Crippen molar-refractivity contribution in [3.8, 4) is 33.9 Å². The summed E-state index contributed by atoms with van der Waals surface area (Å²) < 4.78 is 10.6. The SMILES string of the molecule is COc1ccc(-c2cc(N3CCCCC3)cnc2-c2ccc(OC)cc2)cc1. The van der Waals surface area contributed by atoms with E-state index in [1.54, 1.807) is 14.2 Å². The molecule has 0 spiro atoms. The molecule has 2 aromatic carbocycles. The van der Waals surface area contributed by atoms with Gasteiger partial charge in [0.15, 0.2) is 0 Å². The average molecular weight is 374 g/mol. The highest BCUT2D eigenvalue weighted by Crippen LogP contribution is 2.35. The van der Waals surface area contributed by atoms with Crippen LogP contribution in [0.5, 0.6) is 11.5 Å². The Labute approximate surface area is 166 Å². The molecule has 1 aliphatic heterocycles. The van der Waals surface area contributed by atoms with Crippen LogP contribution >= 0.6 is 0 Å². The maximum atomic E-state index is 5.33. The lowest BCUT2D eigenvalue weighted by Crippen LogP contribution is -2.29. The van der Waals surface area contributed by atoms with E-state index in [1.807, 2.05) is 30.5 Å². The van der Waals surface area contributed by atoms with Crippen LogP contribution < -0.4 is 14.4 Å². The quantitative estimate of drug-likeness (QED) is 0.597. The van der Waals surface area contributed by atoms with Crippen LogP contribution in [0.25, 0.3) is 22.4 Å². The number of anilines is 1. The van der Waals surface area contributed by atoms with Crippen molar-refractivity contribution in [2.45, 2.75) is 19.3 Å². The van der Waals surface area contributed by atoms with Crippen molar-refractivity contribution in [3.63, 3.8) is 0 Å². The summed E-state index contributed by atoms with van der Waals surface area (Å²) >= 11 is 0. The maximum absolute atomic E-state index is 5.33. The zero-order valence-corrected chi connectivity index (χ0v) is 16.5. The van der Waals surface area contributed by atoms with Crippen LogP contribution in [0, 0.1) is 0 Å². The summed E-state index contributed by atoms with van der Waals surface area (Å²) in [6.07, 6.45) is 5.83. The fourth-order valence-electron chi connectivity index (χ4n) is 3.75. The van der Waals surface area contributed by atoms with E-state index in [0.717, 1.165) is 47.0 Å². The van der Waals surface area contributed by atoms with Gasteiger partial charge in [-0.05, 0) is 67.3 Å². The third-order valence-electron chi connectivity index (χ3n) is 5.36. The van der Waals surface area contributed by atoms with Crippen LogP contribution in [-0.2, 0) is 0 Å².